The molecule has 4 atom stereocenters. The number of alkyl halides is 2. The Kier molecular flexibility index (Phi) is 81.9. The molecule has 1 aliphatic heterocycles. The Bertz CT molecular complexity index is 4890. The molecule has 8 rings (SSSR count). The molecule has 0 radical (unpaired) electrons. The van der Waals surface area contributed by atoms with Crippen LogP contribution >= 0.6 is 73.9 Å². The number of carbonyl (C=O) groups is 10. The zero-order chi connectivity index (χ0) is 105. The monoisotopic (exact) mass is 2180 g/mol. The molecule has 0 saturated carbocycles. The van der Waals surface area contributed by atoms with E-state index in [4.69, 9.17) is 136 Å². The van der Waals surface area contributed by atoms with Crippen LogP contribution in [-0.2, 0) is 44.8 Å². The number of aromatic hydroxyl groups is 2. The molecular formula is C102H139BrCl5FK2N6O24. The zero-order valence-electron chi connectivity index (χ0n) is 84.7. The Hall–Kier alpha value is -7.14. The second-order valence-corrected chi connectivity index (χ2v) is 33.8. The molecule has 7 aromatic rings. The first-order valence-corrected chi connectivity index (χ1v) is 48.8. The van der Waals surface area contributed by atoms with Gasteiger partial charge in [-0.2, -0.15) is 5.26 Å². The number of ketones is 3. The summed E-state index contributed by atoms with van der Waals surface area (Å²) >= 11 is 33.0. The van der Waals surface area contributed by atoms with Crippen molar-refractivity contribution in [1.82, 2.24) is 10.2 Å². The largest absolute Gasteiger partial charge is 1.00 e. The van der Waals surface area contributed by atoms with Gasteiger partial charge < -0.3 is 97.7 Å². The molecule has 141 heavy (non-hydrogen) atoms. The number of esters is 2. The number of fused-ring (bicyclic) bond motifs is 5. The topological polar surface area (TPSA) is 486 Å². The summed E-state index contributed by atoms with van der Waals surface area (Å²) in [5.74, 6) is -4.44. The van der Waals surface area contributed by atoms with Gasteiger partial charge in [-0.05, 0) is 171 Å². The fraction of sp³-hybridized carbons (Fsp3) is 0.480. The SMILES string of the molecule is CCCCCCCBr.CCCCCCCOc1ccc(C(=O)C[C@@H](CCN)C(=O)N(C)[C@@H]2C(=O)C[C@@H](C)C(=O)N[C@H](C(=O)CCC#N)Cc3ccc(OCCN)c(c3)-c3cc2ccc3OCCN)c(Cl)c1.CCCCCCCOc1ccc(C(=O)O)c(Cl)c1.CCCCCCCOc1ccc(C(=O)OC)c(Cl)c1.CO.COC(=O)c1ccc(O)cc1Cl.O=C(O)c1ccc(O)cc1Cl.O=CO[O-].[2H]CF.[H-].[K+].[K+]. The summed E-state index contributed by atoms with van der Waals surface area (Å²) in [7, 11) is 4.10. The van der Waals surface area contributed by atoms with Crippen LogP contribution in [0.5, 0.6) is 40.2 Å². The van der Waals surface area contributed by atoms with Gasteiger partial charge in [0.1, 0.15) is 59.5 Å². The second kappa shape index (κ2) is 85.0. The van der Waals surface area contributed by atoms with Gasteiger partial charge in [-0.1, -0.05) is 223 Å². The van der Waals surface area contributed by atoms with Crippen LogP contribution in [0.1, 0.15) is 267 Å². The van der Waals surface area contributed by atoms with Crippen molar-refractivity contribution >= 4 is 133 Å². The number of likely N-dealkylation sites (N-methyl/N-ethyl adjacent to an activating group) is 1. The number of carbonyl (C=O) groups excluding carboxylic acids is 8. The third kappa shape index (κ3) is 56.4. The van der Waals surface area contributed by atoms with Crippen LogP contribution in [0, 0.1) is 23.2 Å². The van der Waals surface area contributed by atoms with Crippen LogP contribution in [0.2, 0.25) is 25.1 Å². The van der Waals surface area contributed by atoms with Crippen molar-refractivity contribution in [2.75, 3.05) is 93.5 Å². The van der Waals surface area contributed by atoms with Crippen LogP contribution in [0.15, 0.2) is 127 Å². The molecule has 0 spiro atoms. The number of carboxylic acid groups (broad SMARTS) is 2. The summed E-state index contributed by atoms with van der Waals surface area (Å²) < 4.78 is 53.8. The molecular weight excluding hydrogens is 2050 g/mol. The molecule has 0 unspecified atom stereocenters. The van der Waals surface area contributed by atoms with Gasteiger partial charge in [0.15, 0.2) is 17.3 Å². The summed E-state index contributed by atoms with van der Waals surface area (Å²) in [6.45, 7) is 12.9. The standard InChI is InChI=1S/C48H63ClN6O8.C15H21ClO3.C14H19ClO3.C8H7ClO3.C7H15Br.C7H5ClO3.CH3F.CH2O3.CH4O.2K.H/c1-4-5-6-7-8-22-61-35-13-14-36(39(49)30-35)42(57)29-34(17-19-51)48(60)55(3)46-33-12-16-45(63-24-21-53)38(28-33)37-26-32(11-15-44(37)62-23-20-52)27-40(41(56)10-9-18-50)54-47(59)31(2)25-43(46)58;1-3-4-5-6-7-10-19-12-8-9-13(14(16)11-12)15(17)18-2;1-2-3-4-5-6-9-18-11-7-8-12(14(16)17)13(15)10-11;1-12-8(11)6-3-2-5(10)4-7(6)9;1-2-3-4-5-6-7-8;8-6-3-4(9)1-2-5(6)7(10)11;1-2;2-1-4-3;1-2;;;/h11-16,26,28,30-31,34,40,46H,4-10,17,19-25,27,29,51-53H2,1-3H3,(H,54,59);8-9,11H,3-7,10H2,1-2H3;7-8,10H,2-6,9H2,1H3,(H,16,17);2-4,10H,1H3;2-7H2,1H3;1-3,9H,(H,10,11);1H3;1,3H;2H,1H3;;;/q;;;;;;;;;2*+1;-1/p-1/t31-,34-,40+,46+;;;;;;;;;;;/m1.........../s1/i;;;;;;1D;;;;;. The van der Waals surface area contributed by atoms with Gasteiger partial charge >= 0.3 is 127 Å². The molecule has 30 nitrogen and oxygen atoms in total. The number of aromatic carboxylic acids is 2. The summed E-state index contributed by atoms with van der Waals surface area (Å²) in [5, 5.41) is 64.8. The number of nitrogens with one attached hydrogen (secondary N) is 1. The number of rotatable bonds is 47. The van der Waals surface area contributed by atoms with E-state index in [0.29, 0.717) is 81.4 Å². The number of Topliss-reactive ketones (excluding diaryl/α,β-unsaturated/α-hetero) is 3. The van der Waals surface area contributed by atoms with E-state index in [1.165, 1.54) is 157 Å². The molecule has 0 aromatic heterocycles. The van der Waals surface area contributed by atoms with Gasteiger partial charge in [-0.25, -0.2) is 19.2 Å². The smallest absolute Gasteiger partial charge is 1.00 e. The first-order valence-electron chi connectivity index (χ1n) is 46.5. The van der Waals surface area contributed by atoms with Gasteiger partial charge in [0.25, 0.3) is 6.47 Å². The number of nitriles is 1. The number of phenols is 2. The van der Waals surface area contributed by atoms with Crippen LogP contribution < -0.4 is 154 Å². The summed E-state index contributed by atoms with van der Waals surface area (Å²) in [6, 6.07) is 32.6. The minimum atomic E-state index is -1.24. The molecule has 0 fully saturated rings. The quantitative estimate of drug-likeness (QED) is 0.00250. The Labute approximate surface area is 950 Å². The number of amides is 2. The summed E-state index contributed by atoms with van der Waals surface area (Å²) in [4.78, 5) is 126. The fourth-order valence-electron chi connectivity index (χ4n) is 13.2. The molecule has 0 saturated heterocycles. The van der Waals surface area contributed by atoms with E-state index in [0.717, 1.165) is 52.1 Å². The van der Waals surface area contributed by atoms with E-state index in [-0.39, 0.29) is 247 Å². The van der Waals surface area contributed by atoms with Crippen molar-refractivity contribution in [3.8, 4) is 57.4 Å². The summed E-state index contributed by atoms with van der Waals surface area (Å²) in [5.41, 5.74) is 20.8. The van der Waals surface area contributed by atoms with E-state index in [9.17, 15) is 52.8 Å². The number of unbranched alkanes of at least 4 members (excludes halogenated alkanes) is 16. The molecule has 1 heterocycles. The van der Waals surface area contributed by atoms with Gasteiger partial charge in [-0.15, -0.1) is 0 Å². The van der Waals surface area contributed by atoms with Gasteiger partial charge in [0.2, 0.25) is 11.8 Å². The number of aliphatic hydroxyl groups excluding tert-OH is 1. The number of hydrogen-bond donors (Lipinski definition) is 9. The van der Waals surface area contributed by atoms with Crippen LogP contribution in [-0.4, -0.2) is 190 Å². The maximum absolute atomic E-state index is 14.6. The zero-order valence-corrected chi connectivity index (χ0v) is 94.3. The number of halogens is 7. The van der Waals surface area contributed by atoms with Crippen molar-refractivity contribution in [3.63, 3.8) is 0 Å². The van der Waals surface area contributed by atoms with E-state index in [1.54, 1.807) is 85.8 Å². The van der Waals surface area contributed by atoms with E-state index in [2.05, 4.69) is 63.3 Å². The number of benzene rings is 7. The molecule has 12 N–H and O–H groups in total. The molecule has 0 aliphatic carbocycles. The molecule has 4 bridgehead atoms. The van der Waals surface area contributed by atoms with Crippen molar-refractivity contribution in [1.29, 1.82) is 5.26 Å². The first-order chi connectivity index (χ1) is 67.2. The van der Waals surface area contributed by atoms with Crippen molar-refractivity contribution in [3.05, 3.63) is 191 Å². The van der Waals surface area contributed by atoms with Crippen molar-refractivity contribution in [2.24, 2.45) is 29.0 Å². The van der Waals surface area contributed by atoms with E-state index >= 15 is 0 Å². The fourth-order valence-corrected chi connectivity index (χ4v) is 14.9. The minimum absolute atomic E-state index is 0. The Morgan fingerprint density at radius 3 is 1.33 bits per heavy atom. The Morgan fingerprint density at radius 1 is 0.567 bits per heavy atom. The van der Waals surface area contributed by atoms with Gasteiger partial charge in [0.05, 0.1) is 102 Å². The normalized spacial score (nSPS) is 12.7. The van der Waals surface area contributed by atoms with Gasteiger partial charge in [0, 0.05) is 86.8 Å². The molecule has 2 amide bonds. The molecule has 1 aliphatic rings. The average molecular weight is 2190 g/mol. The number of carboxylic acids is 2. The maximum Gasteiger partial charge on any atom is 1.00 e. The third-order valence-corrected chi connectivity index (χ3v) is 22.6. The number of methoxy groups -OCH3 is 2. The molecule has 39 heteroatoms. The number of phenolic OH excluding ortho intramolecular Hbond substituents is 2. The number of hydrogen-bond acceptors (Lipinski definition) is 26. The van der Waals surface area contributed by atoms with Crippen molar-refractivity contribution in [2.45, 2.75) is 214 Å². The van der Waals surface area contributed by atoms with E-state index in [1.807, 2.05) is 12.1 Å². The number of aliphatic hydroxyl groups is 1. The maximum atomic E-state index is 14.6. The van der Waals surface area contributed by atoms with Crippen LogP contribution in [0.25, 0.3) is 11.1 Å². The third-order valence-electron chi connectivity index (χ3n) is 20.4. The number of nitrogens with zero attached hydrogens (tertiary/aromatic N) is 2. The number of nitrogens with two attached hydrogens (primary N) is 3. The van der Waals surface area contributed by atoms with Crippen LogP contribution in [0.3, 0.4) is 0 Å². The van der Waals surface area contributed by atoms with Gasteiger partial charge in [-0.3, -0.25) is 33.2 Å². The second-order valence-electron chi connectivity index (χ2n) is 31.0. The summed E-state index contributed by atoms with van der Waals surface area (Å²) in [6.07, 6.45) is 23.9. The van der Waals surface area contributed by atoms with Crippen molar-refractivity contribution < 1.29 is 227 Å². The predicted molar refractivity (Wildman–Crippen MR) is 543 cm³/mol. The number of ether oxygens (including phenoxy) is 7. The average Bonchev–Trinajstić information content (AvgIpc) is 0.775. The first kappa shape index (κ1) is 136. The Morgan fingerprint density at radius 2 is 0.950 bits per heavy atom. The minimum Gasteiger partial charge on any atom is -1.00 e. The van der Waals surface area contributed by atoms with Crippen LogP contribution in [0.4, 0.5) is 4.39 Å². The molecule has 772 valence electrons. The Balaban J connectivity index is -0.000000967. The predicted octanol–water partition coefficient (Wildman–Crippen LogP) is 14.8. The molecule has 7 aromatic carbocycles. The van der Waals surface area contributed by atoms with E-state index < -0.39 is 72.5 Å².